The lowest BCUT2D eigenvalue weighted by molar-refractivity contribution is -0.146. The Morgan fingerprint density at radius 1 is 1.44 bits per heavy atom. The summed E-state index contributed by atoms with van der Waals surface area (Å²) in [5.41, 5.74) is -0.0908. The number of carbonyl (C=O) groups excluding carboxylic acids is 1. The van der Waals surface area contributed by atoms with E-state index in [0.717, 1.165) is 5.57 Å². The van der Waals surface area contributed by atoms with E-state index in [0.29, 0.717) is 6.42 Å². The number of benzene rings is 1. The summed E-state index contributed by atoms with van der Waals surface area (Å²) in [6.07, 6.45) is 3.27. The fourth-order valence-corrected chi connectivity index (χ4v) is 4.45. The van der Waals surface area contributed by atoms with Gasteiger partial charge in [0.05, 0.1) is 23.8 Å². The van der Waals surface area contributed by atoms with Gasteiger partial charge in [0.25, 0.3) is 0 Å². The van der Waals surface area contributed by atoms with Gasteiger partial charge in [-0.3, -0.25) is 9.59 Å². The second-order valence-electron chi connectivity index (χ2n) is 6.97. The van der Waals surface area contributed by atoms with E-state index in [-0.39, 0.29) is 5.69 Å². The second-order valence-corrected chi connectivity index (χ2v) is 6.97. The van der Waals surface area contributed by atoms with Gasteiger partial charge in [-0.15, -0.1) is 6.58 Å². The van der Waals surface area contributed by atoms with Crippen molar-refractivity contribution < 1.29 is 23.8 Å². The van der Waals surface area contributed by atoms with Gasteiger partial charge in [-0.1, -0.05) is 29.9 Å². The van der Waals surface area contributed by atoms with Crippen molar-refractivity contribution in [3.8, 4) is 0 Å². The minimum atomic E-state index is -1.07. The molecule has 1 amide bonds. The Morgan fingerprint density at radius 2 is 2.16 bits per heavy atom. The van der Waals surface area contributed by atoms with Crippen LogP contribution in [0.3, 0.4) is 0 Å². The van der Waals surface area contributed by atoms with Crippen molar-refractivity contribution in [1.82, 2.24) is 0 Å². The molecule has 4 rings (SSSR count). The van der Waals surface area contributed by atoms with Gasteiger partial charge in [0.1, 0.15) is 17.3 Å². The lowest BCUT2D eigenvalue weighted by Gasteiger charge is -2.33. The topological polar surface area (TPSA) is 66.8 Å². The molecule has 0 unspecified atom stereocenters. The predicted octanol–water partition coefficient (Wildman–Crippen LogP) is 2.53. The number of halogens is 1. The Morgan fingerprint density at radius 3 is 2.80 bits per heavy atom. The van der Waals surface area contributed by atoms with Crippen molar-refractivity contribution in [1.29, 1.82) is 0 Å². The number of aliphatic carboxylic acids is 1. The maximum Gasteiger partial charge on any atom is 0.310 e. The van der Waals surface area contributed by atoms with Gasteiger partial charge >= 0.3 is 5.97 Å². The Bertz CT molecular complexity index is 819. The van der Waals surface area contributed by atoms with E-state index in [4.69, 9.17) is 4.74 Å². The van der Waals surface area contributed by atoms with Crippen LogP contribution in [0.4, 0.5) is 10.1 Å². The zero-order valence-electron chi connectivity index (χ0n) is 13.7. The number of hydrogen-bond donors (Lipinski definition) is 1. The number of rotatable bonds is 4. The highest BCUT2D eigenvalue weighted by atomic mass is 19.1. The number of amides is 1. The van der Waals surface area contributed by atoms with E-state index < -0.39 is 47.3 Å². The molecular weight excluding hydrogens is 325 g/mol. The van der Waals surface area contributed by atoms with Gasteiger partial charge in [0.2, 0.25) is 5.91 Å². The maximum atomic E-state index is 14.4. The predicted molar refractivity (Wildman–Crippen MR) is 88.5 cm³/mol. The first kappa shape index (κ1) is 16.0. The van der Waals surface area contributed by atoms with E-state index >= 15 is 0 Å². The largest absolute Gasteiger partial charge is 0.481 e. The summed E-state index contributed by atoms with van der Waals surface area (Å²) in [6, 6.07) is 5.49. The van der Waals surface area contributed by atoms with Gasteiger partial charge in [0.15, 0.2) is 0 Å². The maximum absolute atomic E-state index is 14.4. The van der Waals surface area contributed by atoms with Crippen LogP contribution in [0.25, 0.3) is 0 Å². The first-order valence-electron chi connectivity index (χ1n) is 8.19. The molecule has 130 valence electrons. The number of hydrogen-bond acceptors (Lipinski definition) is 3. The average Bonchev–Trinajstić information content (AvgIpc) is 3.18. The van der Waals surface area contributed by atoms with Crippen molar-refractivity contribution in [2.24, 2.45) is 11.8 Å². The summed E-state index contributed by atoms with van der Waals surface area (Å²) in [5.74, 6) is -3.81. The summed E-state index contributed by atoms with van der Waals surface area (Å²) in [6.45, 7) is 5.74. The summed E-state index contributed by atoms with van der Waals surface area (Å²) in [7, 11) is 0. The standard InChI is InChI=1S/C19H18FNO4/c1-10(2)9-14-19-8-7-13(25-19)15(18(23)24)16(19)17(22)21(14)12-6-4-3-5-11(12)20/h3-8,13-16H,1,9H2,2H3,(H,23,24)/t13-,14-,15-,16-,19+/m0/s1. The van der Waals surface area contributed by atoms with Crippen LogP contribution in [-0.4, -0.2) is 34.7 Å². The van der Waals surface area contributed by atoms with Crippen molar-refractivity contribution in [3.63, 3.8) is 0 Å². The third-order valence-electron chi connectivity index (χ3n) is 5.36. The minimum Gasteiger partial charge on any atom is -0.481 e. The van der Waals surface area contributed by atoms with Crippen molar-refractivity contribution in [2.75, 3.05) is 4.90 Å². The Labute approximate surface area is 144 Å². The van der Waals surface area contributed by atoms with Gasteiger partial charge in [-0.2, -0.15) is 0 Å². The highest BCUT2D eigenvalue weighted by Crippen LogP contribution is 2.56. The van der Waals surface area contributed by atoms with Gasteiger partial charge in [-0.25, -0.2) is 4.39 Å². The smallest absolute Gasteiger partial charge is 0.310 e. The van der Waals surface area contributed by atoms with Crippen LogP contribution in [0.5, 0.6) is 0 Å². The number of fused-ring (bicyclic) bond motifs is 1. The van der Waals surface area contributed by atoms with Crippen LogP contribution in [0.15, 0.2) is 48.6 Å². The molecule has 1 aromatic carbocycles. The number of carbonyl (C=O) groups is 2. The summed E-state index contributed by atoms with van der Waals surface area (Å²) in [4.78, 5) is 26.3. The van der Waals surface area contributed by atoms with Gasteiger partial charge in [0, 0.05) is 0 Å². The molecule has 6 heteroatoms. The highest BCUT2D eigenvalue weighted by molar-refractivity contribution is 6.03. The molecule has 3 aliphatic heterocycles. The van der Waals surface area contributed by atoms with Gasteiger partial charge < -0.3 is 14.7 Å². The molecule has 25 heavy (non-hydrogen) atoms. The zero-order chi connectivity index (χ0) is 17.9. The van der Waals surface area contributed by atoms with Crippen LogP contribution in [0.2, 0.25) is 0 Å². The van der Waals surface area contributed by atoms with E-state index in [2.05, 4.69) is 6.58 Å². The first-order chi connectivity index (χ1) is 11.9. The first-order valence-corrected chi connectivity index (χ1v) is 8.19. The molecule has 0 aliphatic carbocycles. The van der Waals surface area contributed by atoms with Crippen LogP contribution < -0.4 is 4.90 Å². The van der Waals surface area contributed by atoms with E-state index in [1.165, 1.54) is 17.0 Å². The average molecular weight is 343 g/mol. The van der Waals surface area contributed by atoms with Gasteiger partial charge in [-0.05, 0) is 25.5 Å². The van der Waals surface area contributed by atoms with Crippen LogP contribution in [-0.2, 0) is 14.3 Å². The number of carboxylic acids is 1. The second kappa shape index (κ2) is 5.26. The third kappa shape index (κ3) is 2.03. The summed E-state index contributed by atoms with van der Waals surface area (Å²) >= 11 is 0. The number of para-hydroxylation sites is 1. The molecule has 5 atom stereocenters. The molecule has 1 spiro atoms. The Hall–Kier alpha value is -2.47. The summed E-state index contributed by atoms with van der Waals surface area (Å²) < 4.78 is 20.4. The zero-order valence-corrected chi connectivity index (χ0v) is 13.7. The Balaban J connectivity index is 1.87. The molecule has 2 bridgehead atoms. The molecule has 5 nitrogen and oxygen atoms in total. The Kier molecular flexibility index (Phi) is 3.37. The van der Waals surface area contributed by atoms with E-state index in [9.17, 15) is 19.1 Å². The molecule has 2 fully saturated rings. The van der Waals surface area contributed by atoms with Crippen molar-refractivity contribution in [3.05, 3.63) is 54.4 Å². The van der Waals surface area contributed by atoms with Crippen LogP contribution in [0, 0.1) is 17.7 Å². The minimum absolute atomic E-state index is 0.145. The molecule has 3 aliphatic rings. The highest BCUT2D eigenvalue weighted by Gasteiger charge is 2.71. The summed E-state index contributed by atoms with van der Waals surface area (Å²) in [5, 5.41) is 9.60. The number of anilines is 1. The molecule has 0 saturated carbocycles. The van der Waals surface area contributed by atoms with Crippen LogP contribution in [0.1, 0.15) is 13.3 Å². The molecule has 0 aromatic heterocycles. The number of nitrogens with zero attached hydrogens (tertiary/aromatic N) is 1. The lowest BCUT2D eigenvalue weighted by atomic mass is 9.74. The van der Waals surface area contributed by atoms with Crippen molar-refractivity contribution in [2.45, 2.75) is 31.1 Å². The molecular formula is C19H18FNO4. The monoisotopic (exact) mass is 343 g/mol. The molecule has 0 radical (unpaired) electrons. The SMILES string of the molecule is C=C(C)C[C@@H]1N(c2ccccc2F)C(=O)[C@@H]2[C@@H](C(=O)O)[C@@H]3C=C[C@]21O3. The molecule has 1 aromatic rings. The molecule has 1 N–H and O–H groups in total. The number of carboxylic acid groups (broad SMARTS) is 1. The molecule has 3 heterocycles. The fourth-order valence-electron chi connectivity index (χ4n) is 4.45. The fraction of sp³-hybridized carbons (Fsp3) is 0.368. The normalized spacial score (nSPS) is 35.3. The molecule has 2 saturated heterocycles. The lowest BCUT2D eigenvalue weighted by Crippen LogP contribution is -2.45. The van der Waals surface area contributed by atoms with E-state index in [1.54, 1.807) is 24.3 Å². The van der Waals surface area contributed by atoms with Crippen LogP contribution >= 0.6 is 0 Å². The van der Waals surface area contributed by atoms with Crippen molar-refractivity contribution >= 4 is 17.6 Å². The number of ether oxygens (including phenoxy) is 1. The quantitative estimate of drug-likeness (QED) is 0.853. The van der Waals surface area contributed by atoms with E-state index in [1.807, 2.05) is 6.92 Å². The third-order valence-corrected chi connectivity index (χ3v) is 5.36.